The summed E-state index contributed by atoms with van der Waals surface area (Å²) < 4.78 is 0. The Morgan fingerprint density at radius 1 is 1.08 bits per heavy atom. The smallest absolute Gasteiger partial charge is 0.151 e. The number of aryl methyl sites for hydroxylation is 2. The van der Waals surface area contributed by atoms with Gasteiger partial charge in [-0.1, -0.05) is 0 Å². The van der Waals surface area contributed by atoms with E-state index in [1.165, 1.54) is 36.2 Å². The van der Waals surface area contributed by atoms with E-state index in [2.05, 4.69) is 42.5 Å². The maximum atomic E-state index is 4.40. The van der Waals surface area contributed by atoms with Crippen molar-refractivity contribution in [2.75, 3.05) is 29.9 Å². The molecule has 5 rings (SSSR count). The molecule has 0 bridgehead atoms. The minimum atomic E-state index is 0.638. The van der Waals surface area contributed by atoms with Crippen LogP contribution in [0.3, 0.4) is 0 Å². The van der Waals surface area contributed by atoms with E-state index in [9.17, 15) is 0 Å². The van der Waals surface area contributed by atoms with Crippen molar-refractivity contribution < 1.29 is 0 Å². The van der Waals surface area contributed by atoms with Crippen LogP contribution in [0.4, 0.5) is 11.6 Å². The van der Waals surface area contributed by atoms with E-state index < -0.39 is 0 Å². The molecule has 3 heterocycles. The number of nitrogens with zero attached hydrogens (tertiary/aromatic N) is 5. The summed E-state index contributed by atoms with van der Waals surface area (Å²) in [6, 6.07) is 4.35. The highest BCUT2D eigenvalue weighted by Gasteiger charge is 2.29. The third-order valence-electron chi connectivity index (χ3n) is 5.34. The maximum absolute atomic E-state index is 4.40. The number of nitrogens with one attached hydrogen (secondary N) is 1. The zero-order valence-electron chi connectivity index (χ0n) is 13.8. The van der Waals surface area contributed by atoms with Gasteiger partial charge >= 0.3 is 0 Å². The molecule has 2 aromatic rings. The minimum Gasteiger partial charge on any atom is -0.370 e. The molecule has 0 radical (unpaired) electrons. The number of rotatable bonds is 5. The molecule has 6 nitrogen and oxygen atoms in total. The van der Waals surface area contributed by atoms with Crippen molar-refractivity contribution in [3.8, 4) is 0 Å². The normalized spacial score (nSPS) is 19.9. The van der Waals surface area contributed by atoms with Crippen LogP contribution in [-0.4, -0.2) is 39.8 Å². The summed E-state index contributed by atoms with van der Waals surface area (Å²) in [5, 5.41) is 12.3. The predicted octanol–water partition coefficient (Wildman–Crippen LogP) is 2.18. The van der Waals surface area contributed by atoms with E-state index in [-0.39, 0.29) is 0 Å². The van der Waals surface area contributed by atoms with Gasteiger partial charge in [0.1, 0.15) is 12.1 Å². The van der Waals surface area contributed by atoms with Crippen LogP contribution in [0.2, 0.25) is 0 Å². The van der Waals surface area contributed by atoms with Crippen LogP contribution in [0.5, 0.6) is 0 Å². The summed E-state index contributed by atoms with van der Waals surface area (Å²) >= 11 is 0. The van der Waals surface area contributed by atoms with E-state index >= 15 is 0 Å². The molecule has 0 aromatic carbocycles. The molecule has 1 saturated carbocycles. The molecule has 3 aliphatic rings. The second-order valence-corrected chi connectivity index (χ2v) is 7.28. The van der Waals surface area contributed by atoms with Crippen LogP contribution in [0, 0.1) is 5.92 Å². The van der Waals surface area contributed by atoms with Crippen molar-refractivity contribution >= 4 is 11.6 Å². The van der Waals surface area contributed by atoms with Gasteiger partial charge in [0.25, 0.3) is 0 Å². The molecule has 2 aliphatic carbocycles. The van der Waals surface area contributed by atoms with E-state index in [1.807, 2.05) is 0 Å². The van der Waals surface area contributed by atoms with E-state index in [0.717, 1.165) is 44.1 Å². The van der Waals surface area contributed by atoms with Crippen LogP contribution in [0.1, 0.15) is 42.1 Å². The van der Waals surface area contributed by atoms with E-state index in [4.69, 9.17) is 0 Å². The van der Waals surface area contributed by atoms with Gasteiger partial charge in [0.05, 0.1) is 5.69 Å². The van der Waals surface area contributed by atoms with Crippen LogP contribution < -0.4 is 10.2 Å². The Balaban J connectivity index is 1.15. The molecule has 124 valence electrons. The van der Waals surface area contributed by atoms with Crippen LogP contribution in [-0.2, 0) is 12.8 Å². The monoisotopic (exact) mass is 322 g/mol. The second-order valence-electron chi connectivity index (χ2n) is 7.28. The van der Waals surface area contributed by atoms with Crippen molar-refractivity contribution in [3.05, 3.63) is 35.4 Å². The highest BCUT2D eigenvalue weighted by molar-refractivity contribution is 5.45. The van der Waals surface area contributed by atoms with E-state index in [1.54, 1.807) is 6.33 Å². The third-order valence-corrected chi connectivity index (χ3v) is 5.34. The van der Waals surface area contributed by atoms with Crippen LogP contribution >= 0.6 is 0 Å². The lowest BCUT2D eigenvalue weighted by Gasteiger charge is -2.40. The fourth-order valence-corrected chi connectivity index (χ4v) is 3.68. The highest BCUT2D eigenvalue weighted by Crippen LogP contribution is 2.39. The van der Waals surface area contributed by atoms with Crippen LogP contribution in [0.15, 0.2) is 18.5 Å². The Kier molecular flexibility index (Phi) is 3.35. The first-order chi connectivity index (χ1) is 11.8. The standard InChI is InChI=1S/C18H22N6/c1-2-14-6-18(23-22-15(14)3-1)24-9-12(10-24)8-19-17-7-16(13-4-5-13)20-11-21-17/h6-7,11-13H,1-5,8-10H2,(H,19,20,21). The topological polar surface area (TPSA) is 66.8 Å². The molecule has 2 aromatic heterocycles. The first-order valence-electron chi connectivity index (χ1n) is 9.01. The fourth-order valence-electron chi connectivity index (χ4n) is 3.68. The summed E-state index contributed by atoms with van der Waals surface area (Å²) in [7, 11) is 0. The number of hydrogen-bond donors (Lipinski definition) is 1. The lowest BCUT2D eigenvalue weighted by atomic mass is 10.00. The van der Waals surface area contributed by atoms with Crippen molar-refractivity contribution in [3.63, 3.8) is 0 Å². The number of hydrogen-bond acceptors (Lipinski definition) is 6. The molecule has 1 saturated heterocycles. The molecular formula is C18H22N6. The number of anilines is 2. The largest absolute Gasteiger partial charge is 0.370 e. The zero-order valence-corrected chi connectivity index (χ0v) is 13.8. The predicted molar refractivity (Wildman–Crippen MR) is 92.3 cm³/mol. The maximum Gasteiger partial charge on any atom is 0.151 e. The summed E-state index contributed by atoms with van der Waals surface area (Å²) in [6.45, 7) is 3.04. The van der Waals surface area contributed by atoms with Gasteiger partial charge in [0.2, 0.25) is 0 Å². The van der Waals surface area contributed by atoms with Crippen molar-refractivity contribution in [2.45, 2.75) is 38.0 Å². The van der Waals surface area contributed by atoms with Crippen molar-refractivity contribution in [2.24, 2.45) is 5.92 Å². The third kappa shape index (κ3) is 2.70. The summed E-state index contributed by atoms with van der Waals surface area (Å²) in [6.07, 6.45) is 7.71. The SMILES string of the molecule is c1nc(NCC2CN(c3cc4c(nn3)CCC4)C2)cc(C2CC2)n1. The lowest BCUT2D eigenvalue weighted by molar-refractivity contribution is 0.425. The quantitative estimate of drug-likeness (QED) is 0.910. The van der Waals surface area contributed by atoms with Crippen LogP contribution in [0.25, 0.3) is 0 Å². The van der Waals surface area contributed by atoms with Gasteiger partial charge in [-0.2, -0.15) is 5.10 Å². The molecular weight excluding hydrogens is 300 g/mol. The zero-order chi connectivity index (χ0) is 15.9. The summed E-state index contributed by atoms with van der Waals surface area (Å²) in [5.41, 5.74) is 3.79. The molecule has 1 aliphatic heterocycles. The second kappa shape index (κ2) is 5.69. The molecule has 24 heavy (non-hydrogen) atoms. The molecule has 6 heteroatoms. The van der Waals surface area contributed by atoms with Gasteiger partial charge in [0, 0.05) is 43.2 Å². The molecule has 0 unspecified atom stereocenters. The Morgan fingerprint density at radius 3 is 2.88 bits per heavy atom. The first-order valence-corrected chi connectivity index (χ1v) is 9.01. The Labute approximate surface area is 141 Å². The van der Waals surface area contributed by atoms with Gasteiger partial charge < -0.3 is 10.2 Å². The van der Waals surface area contributed by atoms with Crippen molar-refractivity contribution in [1.29, 1.82) is 0 Å². The van der Waals surface area contributed by atoms with Gasteiger partial charge in [-0.25, -0.2) is 9.97 Å². The number of fused-ring (bicyclic) bond motifs is 1. The Morgan fingerprint density at radius 2 is 2.00 bits per heavy atom. The summed E-state index contributed by atoms with van der Waals surface area (Å²) in [5.74, 6) is 3.32. The fraction of sp³-hybridized carbons (Fsp3) is 0.556. The van der Waals surface area contributed by atoms with Gasteiger partial charge in [-0.3, -0.25) is 0 Å². The molecule has 2 fully saturated rings. The van der Waals surface area contributed by atoms with Gasteiger partial charge in [-0.05, 0) is 43.7 Å². The minimum absolute atomic E-state index is 0.638. The Hall–Kier alpha value is -2.24. The van der Waals surface area contributed by atoms with Gasteiger partial charge in [0.15, 0.2) is 5.82 Å². The molecule has 0 spiro atoms. The molecule has 0 amide bonds. The lowest BCUT2D eigenvalue weighted by Crippen LogP contribution is -2.50. The number of aromatic nitrogens is 4. The first kappa shape index (κ1) is 14.1. The van der Waals surface area contributed by atoms with E-state index in [0.29, 0.717) is 11.8 Å². The Bertz CT molecular complexity index is 751. The molecule has 0 atom stereocenters. The highest BCUT2D eigenvalue weighted by atomic mass is 15.3. The van der Waals surface area contributed by atoms with Crippen molar-refractivity contribution in [1.82, 2.24) is 20.2 Å². The molecule has 1 N–H and O–H groups in total. The average Bonchev–Trinajstić information content (AvgIpc) is 3.32. The summed E-state index contributed by atoms with van der Waals surface area (Å²) in [4.78, 5) is 11.0. The average molecular weight is 322 g/mol. The van der Waals surface area contributed by atoms with Gasteiger partial charge in [-0.15, -0.1) is 5.10 Å².